The molecule has 1 fully saturated rings. The Morgan fingerprint density at radius 1 is 1.61 bits per heavy atom. The zero-order valence-corrected chi connectivity index (χ0v) is 10.4. The zero-order chi connectivity index (χ0) is 13.1. The molecule has 1 saturated carbocycles. The summed E-state index contributed by atoms with van der Waals surface area (Å²) in [6.45, 7) is 0. The van der Waals surface area contributed by atoms with Crippen molar-refractivity contribution in [2.75, 3.05) is 0 Å². The van der Waals surface area contributed by atoms with Crippen molar-refractivity contribution in [1.82, 2.24) is 4.57 Å². The third kappa shape index (κ3) is 2.67. The number of hydrogen-bond donors (Lipinski definition) is 0. The summed E-state index contributed by atoms with van der Waals surface area (Å²) >= 11 is 0. The normalized spacial score (nSPS) is 16.0. The van der Waals surface area contributed by atoms with Gasteiger partial charge in [-0.15, -0.1) is 0 Å². The summed E-state index contributed by atoms with van der Waals surface area (Å²) in [6.07, 6.45) is 5.83. The molecule has 1 aromatic heterocycles. The molecule has 1 atom stereocenters. The van der Waals surface area contributed by atoms with E-state index in [0.29, 0.717) is 11.5 Å². The van der Waals surface area contributed by atoms with Crippen LogP contribution in [-0.4, -0.2) is 10.9 Å². The minimum atomic E-state index is -0.345. The van der Waals surface area contributed by atoms with Gasteiger partial charge in [0.25, 0.3) is 5.56 Å². The van der Waals surface area contributed by atoms with Gasteiger partial charge < -0.3 is 9.36 Å². The average molecular weight is 244 g/mol. The fourth-order valence-electron chi connectivity index (χ4n) is 2.20. The number of pyridine rings is 1. The second kappa shape index (κ2) is 5.18. The first-order valence-corrected chi connectivity index (χ1v) is 6.18. The first-order valence-electron chi connectivity index (χ1n) is 6.18. The SMILES string of the molecule is Cn1cc(CC=O)cc(C(C#N)CC2CC2)c1=O. The van der Waals surface area contributed by atoms with Crippen LogP contribution in [0.2, 0.25) is 0 Å². The summed E-state index contributed by atoms with van der Waals surface area (Å²) in [6, 6.07) is 3.94. The lowest BCUT2D eigenvalue weighted by Crippen LogP contribution is -2.23. The Labute approximate surface area is 106 Å². The lowest BCUT2D eigenvalue weighted by atomic mass is 9.94. The molecule has 0 aliphatic heterocycles. The van der Waals surface area contributed by atoms with E-state index in [4.69, 9.17) is 0 Å². The Balaban J connectivity index is 2.37. The van der Waals surface area contributed by atoms with Gasteiger partial charge in [-0.2, -0.15) is 5.26 Å². The van der Waals surface area contributed by atoms with Crippen molar-refractivity contribution in [3.63, 3.8) is 0 Å². The maximum Gasteiger partial charge on any atom is 0.254 e. The quantitative estimate of drug-likeness (QED) is 0.738. The van der Waals surface area contributed by atoms with Crippen molar-refractivity contribution in [1.29, 1.82) is 5.26 Å². The Morgan fingerprint density at radius 2 is 2.33 bits per heavy atom. The highest BCUT2D eigenvalue weighted by molar-refractivity contribution is 5.54. The van der Waals surface area contributed by atoms with Crippen LogP contribution in [-0.2, 0) is 18.3 Å². The van der Waals surface area contributed by atoms with Crippen LogP contribution in [0.5, 0.6) is 0 Å². The molecule has 0 amide bonds. The molecule has 1 unspecified atom stereocenters. The van der Waals surface area contributed by atoms with E-state index in [1.54, 1.807) is 19.3 Å². The second-order valence-electron chi connectivity index (χ2n) is 4.95. The summed E-state index contributed by atoms with van der Waals surface area (Å²) < 4.78 is 1.46. The predicted molar refractivity (Wildman–Crippen MR) is 67.1 cm³/mol. The van der Waals surface area contributed by atoms with Crippen LogP contribution in [0.4, 0.5) is 0 Å². The second-order valence-corrected chi connectivity index (χ2v) is 4.95. The summed E-state index contributed by atoms with van der Waals surface area (Å²) in [7, 11) is 1.66. The highest BCUT2D eigenvalue weighted by Gasteiger charge is 2.27. The van der Waals surface area contributed by atoms with E-state index in [-0.39, 0.29) is 17.9 Å². The van der Waals surface area contributed by atoms with E-state index >= 15 is 0 Å². The monoisotopic (exact) mass is 244 g/mol. The number of nitriles is 1. The van der Waals surface area contributed by atoms with Crippen LogP contribution in [0, 0.1) is 17.2 Å². The van der Waals surface area contributed by atoms with Crippen LogP contribution in [0.3, 0.4) is 0 Å². The van der Waals surface area contributed by atoms with E-state index in [9.17, 15) is 14.9 Å². The van der Waals surface area contributed by atoms with Gasteiger partial charge in [0.2, 0.25) is 0 Å². The minimum absolute atomic E-state index is 0.128. The van der Waals surface area contributed by atoms with Crippen LogP contribution in [0.15, 0.2) is 17.1 Å². The number of nitrogens with zero attached hydrogens (tertiary/aromatic N) is 2. The fourth-order valence-corrected chi connectivity index (χ4v) is 2.20. The third-order valence-corrected chi connectivity index (χ3v) is 3.38. The van der Waals surface area contributed by atoms with Crippen molar-refractivity contribution >= 4 is 6.29 Å². The molecule has 0 radical (unpaired) electrons. The molecule has 1 aliphatic carbocycles. The largest absolute Gasteiger partial charge is 0.318 e. The van der Waals surface area contributed by atoms with Gasteiger partial charge in [-0.25, -0.2) is 0 Å². The molecule has 1 heterocycles. The number of rotatable bonds is 5. The first-order chi connectivity index (χ1) is 8.65. The number of aldehydes is 1. The third-order valence-electron chi connectivity index (χ3n) is 3.38. The van der Waals surface area contributed by atoms with E-state index in [1.807, 2.05) is 0 Å². The predicted octanol–water partition coefficient (Wildman–Crippen LogP) is 1.53. The van der Waals surface area contributed by atoms with E-state index in [0.717, 1.165) is 31.1 Å². The number of aromatic nitrogens is 1. The van der Waals surface area contributed by atoms with Crippen LogP contribution >= 0.6 is 0 Å². The molecule has 0 spiro atoms. The van der Waals surface area contributed by atoms with Crippen molar-refractivity contribution in [2.24, 2.45) is 13.0 Å². The van der Waals surface area contributed by atoms with Gasteiger partial charge in [0.15, 0.2) is 0 Å². The molecule has 0 saturated heterocycles. The van der Waals surface area contributed by atoms with Gasteiger partial charge in [0.05, 0.1) is 12.0 Å². The van der Waals surface area contributed by atoms with Crippen molar-refractivity contribution in [3.8, 4) is 6.07 Å². The van der Waals surface area contributed by atoms with Crippen molar-refractivity contribution in [3.05, 3.63) is 33.7 Å². The molecule has 94 valence electrons. The molecule has 0 bridgehead atoms. The summed E-state index contributed by atoms with van der Waals surface area (Å²) in [4.78, 5) is 22.6. The Kier molecular flexibility index (Phi) is 3.61. The smallest absolute Gasteiger partial charge is 0.254 e. The Morgan fingerprint density at radius 3 is 2.89 bits per heavy atom. The molecular formula is C14H16N2O2. The number of hydrogen-bond acceptors (Lipinski definition) is 3. The van der Waals surface area contributed by atoms with Crippen LogP contribution in [0.25, 0.3) is 0 Å². The molecule has 18 heavy (non-hydrogen) atoms. The lowest BCUT2D eigenvalue weighted by Gasteiger charge is -2.11. The standard InChI is InChI=1S/C14H16N2O2/c1-16-9-11(4-5-17)7-13(14(16)18)12(8-15)6-10-2-3-10/h5,7,9-10,12H,2-4,6H2,1H3. The fraction of sp³-hybridized carbons (Fsp3) is 0.500. The van der Waals surface area contributed by atoms with E-state index < -0.39 is 0 Å². The van der Waals surface area contributed by atoms with Gasteiger partial charge in [0.1, 0.15) is 6.29 Å². The number of carbonyl (C=O) groups excluding carboxylic acids is 1. The lowest BCUT2D eigenvalue weighted by molar-refractivity contribution is -0.107. The maximum atomic E-state index is 12.1. The summed E-state index contributed by atoms with van der Waals surface area (Å²) in [5, 5.41) is 9.22. The summed E-state index contributed by atoms with van der Waals surface area (Å²) in [5.74, 6) is 0.247. The highest BCUT2D eigenvalue weighted by atomic mass is 16.1. The van der Waals surface area contributed by atoms with Gasteiger partial charge in [-0.1, -0.05) is 12.8 Å². The van der Waals surface area contributed by atoms with E-state index in [2.05, 4.69) is 6.07 Å². The highest BCUT2D eigenvalue weighted by Crippen LogP contribution is 2.37. The number of carbonyl (C=O) groups is 1. The average Bonchev–Trinajstić information content (AvgIpc) is 3.15. The van der Waals surface area contributed by atoms with Crippen molar-refractivity contribution < 1.29 is 4.79 Å². The topological polar surface area (TPSA) is 62.9 Å². The number of aryl methyl sites for hydroxylation is 1. The molecule has 0 N–H and O–H groups in total. The Bertz CT molecular complexity index is 550. The first kappa shape index (κ1) is 12.6. The summed E-state index contributed by atoms with van der Waals surface area (Å²) in [5.41, 5.74) is 1.20. The Hall–Kier alpha value is -1.89. The molecule has 2 rings (SSSR count). The van der Waals surface area contributed by atoms with Crippen LogP contribution < -0.4 is 5.56 Å². The van der Waals surface area contributed by atoms with Gasteiger partial charge in [0, 0.05) is 25.2 Å². The van der Waals surface area contributed by atoms with Crippen LogP contribution in [0.1, 0.15) is 36.3 Å². The molecule has 1 aromatic rings. The van der Waals surface area contributed by atoms with Gasteiger partial charge in [-0.05, 0) is 24.0 Å². The molecule has 0 aromatic carbocycles. The van der Waals surface area contributed by atoms with E-state index in [1.165, 1.54) is 4.57 Å². The molecule has 4 heteroatoms. The minimum Gasteiger partial charge on any atom is -0.318 e. The molecule has 4 nitrogen and oxygen atoms in total. The van der Waals surface area contributed by atoms with Gasteiger partial charge >= 0.3 is 0 Å². The van der Waals surface area contributed by atoms with Crippen molar-refractivity contribution in [2.45, 2.75) is 31.6 Å². The molecule has 1 aliphatic rings. The van der Waals surface area contributed by atoms with Gasteiger partial charge in [-0.3, -0.25) is 4.79 Å². The zero-order valence-electron chi connectivity index (χ0n) is 10.4. The molecular weight excluding hydrogens is 228 g/mol. The maximum absolute atomic E-state index is 12.1.